The SMILES string of the molecule is CCC(=O)NC(=S)Nc1cc(OC)ccc1-c1ccc(C(=O)O)o1. The van der Waals surface area contributed by atoms with Gasteiger partial charge in [0.05, 0.1) is 12.8 Å². The van der Waals surface area contributed by atoms with Crippen LogP contribution in [0, 0.1) is 0 Å². The van der Waals surface area contributed by atoms with E-state index in [1.165, 1.54) is 13.2 Å². The van der Waals surface area contributed by atoms with Gasteiger partial charge in [0, 0.05) is 18.1 Å². The summed E-state index contributed by atoms with van der Waals surface area (Å²) in [4.78, 5) is 22.4. The van der Waals surface area contributed by atoms with Crippen molar-refractivity contribution in [3.63, 3.8) is 0 Å². The molecule has 2 rings (SSSR count). The number of hydrogen-bond acceptors (Lipinski definition) is 5. The molecule has 0 aliphatic carbocycles. The topological polar surface area (TPSA) is 101 Å². The average molecular weight is 348 g/mol. The highest BCUT2D eigenvalue weighted by Crippen LogP contribution is 2.32. The number of carboxylic acids is 1. The maximum absolute atomic E-state index is 11.4. The number of nitrogens with one attached hydrogen (secondary N) is 2. The lowest BCUT2D eigenvalue weighted by atomic mass is 10.1. The van der Waals surface area contributed by atoms with Gasteiger partial charge < -0.3 is 24.9 Å². The number of carbonyl (C=O) groups is 2. The van der Waals surface area contributed by atoms with Gasteiger partial charge >= 0.3 is 5.97 Å². The van der Waals surface area contributed by atoms with Crippen LogP contribution >= 0.6 is 12.2 Å². The zero-order chi connectivity index (χ0) is 17.7. The Morgan fingerprint density at radius 3 is 2.62 bits per heavy atom. The second kappa shape index (κ2) is 7.60. The number of furan rings is 1. The van der Waals surface area contributed by atoms with Crippen LogP contribution < -0.4 is 15.4 Å². The van der Waals surface area contributed by atoms with Crippen LogP contribution in [0.25, 0.3) is 11.3 Å². The van der Waals surface area contributed by atoms with Crippen molar-refractivity contribution < 1.29 is 23.8 Å². The van der Waals surface area contributed by atoms with Crippen molar-refractivity contribution in [2.75, 3.05) is 12.4 Å². The average Bonchev–Trinajstić information content (AvgIpc) is 3.04. The van der Waals surface area contributed by atoms with Crippen molar-refractivity contribution in [2.24, 2.45) is 0 Å². The number of aromatic carboxylic acids is 1. The van der Waals surface area contributed by atoms with Crippen LogP contribution in [0.4, 0.5) is 5.69 Å². The van der Waals surface area contributed by atoms with E-state index in [2.05, 4.69) is 10.6 Å². The number of amides is 1. The first kappa shape index (κ1) is 17.5. The lowest BCUT2D eigenvalue weighted by Gasteiger charge is -2.13. The molecule has 7 nitrogen and oxygen atoms in total. The molecule has 1 heterocycles. The summed E-state index contributed by atoms with van der Waals surface area (Å²) in [6, 6.07) is 7.99. The molecule has 0 radical (unpaired) electrons. The van der Waals surface area contributed by atoms with Crippen molar-refractivity contribution in [1.29, 1.82) is 0 Å². The molecule has 0 bridgehead atoms. The molecule has 1 aromatic heterocycles. The van der Waals surface area contributed by atoms with Gasteiger partial charge in [-0.3, -0.25) is 4.79 Å². The number of carboxylic acid groups (broad SMARTS) is 1. The van der Waals surface area contributed by atoms with Gasteiger partial charge in [-0.1, -0.05) is 6.92 Å². The number of benzene rings is 1. The van der Waals surface area contributed by atoms with Crippen molar-refractivity contribution >= 4 is 34.9 Å². The summed E-state index contributed by atoms with van der Waals surface area (Å²) >= 11 is 5.11. The first-order chi connectivity index (χ1) is 11.4. The third kappa shape index (κ3) is 4.11. The van der Waals surface area contributed by atoms with E-state index in [0.717, 1.165) is 0 Å². The molecular formula is C16H16N2O5S. The summed E-state index contributed by atoms with van der Waals surface area (Å²) in [5.74, 6) is -0.634. The normalized spacial score (nSPS) is 10.1. The fraction of sp³-hybridized carbons (Fsp3) is 0.188. The molecule has 0 spiro atoms. The molecule has 8 heteroatoms. The predicted octanol–water partition coefficient (Wildman–Crippen LogP) is 2.88. The monoisotopic (exact) mass is 348 g/mol. The number of carbonyl (C=O) groups excluding carboxylic acids is 1. The van der Waals surface area contributed by atoms with Crippen LogP contribution in [-0.2, 0) is 4.79 Å². The van der Waals surface area contributed by atoms with Gasteiger partial charge in [-0.05, 0) is 36.5 Å². The number of methoxy groups -OCH3 is 1. The highest BCUT2D eigenvalue weighted by molar-refractivity contribution is 7.80. The summed E-state index contributed by atoms with van der Waals surface area (Å²) in [7, 11) is 1.52. The molecule has 1 amide bonds. The van der Waals surface area contributed by atoms with Gasteiger partial charge in [-0.25, -0.2) is 4.79 Å². The fourth-order valence-electron chi connectivity index (χ4n) is 1.93. The number of thiocarbonyl (C=S) groups is 1. The lowest BCUT2D eigenvalue weighted by molar-refractivity contribution is -0.119. The van der Waals surface area contributed by atoms with Gasteiger partial charge in [-0.2, -0.15) is 0 Å². The maximum atomic E-state index is 11.4. The van der Waals surface area contributed by atoms with Gasteiger partial charge in [-0.15, -0.1) is 0 Å². The zero-order valence-corrected chi connectivity index (χ0v) is 13.9. The standard InChI is InChI=1S/C16H16N2O5S/c1-3-14(19)18-16(24)17-11-8-9(22-2)4-5-10(11)12-6-7-13(23-12)15(20)21/h4-8H,3H2,1-2H3,(H,20,21)(H2,17,18,19,24). The molecule has 3 N–H and O–H groups in total. The Balaban J connectivity index is 2.35. The van der Waals surface area contributed by atoms with Crippen molar-refractivity contribution in [2.45, 2.75) is 13.3 Å². The van der Waals surface area contributed by atoms with Crippen molar-refractivity contribution in [3.05, 3.63) is 36.1 Å². The third-order valence-corrected chi connectivity index (χ3v) is 3.34. The first-order valence-corrected chi connectivity index (χ1v) is 7.47. The van der Waals surface area contributed by atoms with E-state index in [4.69, 9.17) is 26.5 Å². The zero-order valence-electron chi connectivity index (χ0n) is 13.1. The Kier molecular flexibility index (Phi) is 5.54. The molecule has 0 atom stereocenters. The molecule has 24 heavy (non-hydrogen) atoms. The highest BCUT2D eigenvalue weighted by atomic mass is 32.1. The molecule has 0 aliphatic rings. The smallest absolute Gasteiger partial charge is 0.371 e. The molecular weight excluding hydrogens is 332 g/mol. The summed E-state index contributed by atoms with van der Waals surface area (Å²) in [6.07, 6.45) is 0.299. The molecule has 0 unspecified atom stereocenters. The second-order valence-electron chi connectivity index (χ2n) is 4.74. The van der Waals surface area contributed by atoms with Crippen LogP contribution in [0.2, 0.25) is 0 Å². The van der Waals surface area contributed by atoms with E-state index in [9.17, 15) is 9.59 Å². The number of hydrogen-bond donors (Lipinski definition) is 3. The molecule has 126 valence electrons. The molecule has 2 aromatic rings. The van der Waals surface area contributed by atoms with E-state index in [1.807, 2.05) is 0 Å². The van der Waals surface area contributed by atoms with E-state index < -0.39 is 5.97 Å². The largest absolute Gasteiger partial charge is 0.497 e. The number of ether oxygens (including phenoxy) is 1. The Bertz CT molecular complexity index is 785. The first-order valence-electron chi connectivity index (χ1n) is 7.07. The fourth-order valence-corrected chi connectivity index (χ4v) is 2.16. The summed E-state index contributed by atoms with van der Waals surface area (Å²) in [6.45, 7) is 1.71. The Morgan fingerprint density at radius 2 is 2.04 bits per heavy atom. The highest BCUT2D eigenvalue weighted by Gasteiger charge is 2.15. The number of rotatable bonds is 5. The number of anilines is 1. The van der Waals surface area contributed by atoms with Gasteiger partial charge in [0.1, 0.15) is 11.5 Å². The van der Waals surface area contributed by atoms with Crippen LogP contribution in [0.5, 0.6) is 5.75 Å². The molecule has 0 aliphatic heterocycles. The third-order valence-electron chi connectivity index (χ3n) is 3.13. The lowest BCUT2D eigenvalue weighted by Crippen LogP contribution is -2.33. The molecule has 0 fully saturated rings. The summed E-state index contributed by atoms with van der Waals surface area (Å²) in [5.41, 5.74) is 1.10. The van der Waals surface area contributed by atoms with Crippen LogP contribution in [0.1, 0.15) is 23.9 Å². The van der Waals surface area contributed by atoms with Gasteiger partial charge in [0.15, 0.2) is 5.11 Å². The summed E-state index contributed by atoms with van der Waals surface area (Å²) in [5, 5.41) is 14.5. The Morgan fingerprint density at radius 1 is 1.29 bits per heavy atom. The van der Waals surface area contributed by atoms with Crippen molar-refractivity contribution in [1.82, 2.24) is 5.32 Å². The quantitative estimate of drug-likeness (QED) is 0.714. The van der Waals surface area contributed by atoms with E-state index in [-0.39, 0.29) is 16.8 Å². The Labute approximate surface area is 143 Å². The second-order valence-corrected chi connectivity index (χ2v) is 5.14. The van der Waals surface area contributed by atoms with Crippen molar-refractivity contribution in [3.8, 4) is 17.1 Å². The van der Waals surface area contributed by atoms with Gasteiger partial charge in [0.2, 0.25) is 11.7 Å². The van der Waals surface area contributed by atoms with E-state index >= 15 is 0 Å². The van der Waals surface area contributed by atoms with Gasteiger partial charge in [0.25, 0.3) is 0 Å². The van der Waals surface area contributed by atoms with Crippen LogP contribution in [-0.4, -0.2) is 29.2 Å². The van der Waals surface area contributed by atoms with E-state index in [0.29, 0.717) is 29.2 Å². The minimum Gasteiger partial charge on any atom is -0.497 e. The summed E-state index contributed by atoms with van der Waals surface area (Å²) < 4.78 is 10.5. The molecule has 0 saturated heterocycles. The predicted molar refractivity (Wildman–Crippen MR) is 92.3 cm³/mol. The van der Waals surface area contributed by atoms with Crippen LogP contribution in [0.15, 0.2) is 34.7 Å². The Hall–Kier alpha value is -2.87. The molecule has 1 aromatic carbocycles. The van der Waals surface area contributed by atoms with E-state index in [1.54, 1.807) is 31.2 Å². The maximum Gasteiger partial charge on any atom is 0.371 e. The van der Waals surface area contributed by atoms with Crippen LogP contribution in [0.3, 0.4) is 0 Å². The minimum atomic E-state index is -1.16. The minimum absolute atomic E-state index is 0.126. The molecule has 0 saturated carbocycles.